The summed E-state index contributed by atoms with van der Waals surface area (Å²) >= 11 is 1.43. The summed E-state index contributed by atoms with van der Waals surface area (Å²) in [4.78, 5) is 13.5. The van der Waals surface area contributed by atoms with Gasteiger partial charge in [-0.25, -0.2) is 4.39 Å². The van der Waals surface area contributed by atoms with E-state index in [4.69, 9.17) is 0 Å². The molecule has 0 aliphatic heterocycles. The average molecular weight is 285 g/mol. The van der Waals surface area contributed by atoms with Crippen molar-refractivity contribution in [2.75, 3.05) is 12.8 Å². The number of carbonyl (C=O) groups excluding carboxylic acids is 1. The molecule has 5 heteroatoms. The van der Waals surface area contributed by atoms with Gasteiger partial charge in [-0.2, -0.15) is 0 Å². The summed E-state index contributed by atoms with van der Waals surface area (Å²) in [5.74, 6) is 0.0601. The lowest BCUT2D eigenvalue weighted by Gasteiger charge is -2.19. The van der Waals surface area contributed by atoms with Crippen LogP contribution in [0.5, 0.6) is 0 Å². The number of rotatable bonds is 6. The van der Waals surface area contributed by atoms with Gasteiger partial charge in [0.15, 0.2) is 0 Å². The van der Waals surface area contributed by atoms with E-state index in [0.717, 1.165) is 5.56 Å². The van der Waals surface area contributed by atoms with Crippen molar-refractivity contribution in [2.45, 2.75) is 31.7 Å². The standard InChI is InChI=1S/C14H20FNO2S/c1-10(17)11(2)19-9-14(18)16(3)8-12-4-6-13(15)7-5-12/h4-7,10-11,17H,8-9H2,1-3H3/t10-,11-/m1/s1. The number of amides is 1. The fourth-order valence-corrected chi connectivity index (χ4v) is 2.31. The molecule has 1 rings (SSSR count). The monoisotopic (exact) mass is 285 g/mol. The number of nitrogens with zero attached hydrogens (tertiary/aromatic N) is 1. The highest BCUT2D eigenvalue weighted by molar-refractivity contribution is 8.00. The number of halogens is 1. The molecule has 0 spiro atoms. The average Bonchev–Trinajstić information content (AvgIpc) is 2.37. The van der Waals surface area contributed by atoms with Crippen LogP contribution < -0.4 is 0 Å². The Labute approximate surface area is 117 Å². The highest BCUT2D eigenvalue weighted by Crippen LogP contribution is 2.15. The zero-order valence-corrected chi connectivity index (χ0v) is 12.3. The van der Waals surface area contributed by atoms with Crippen molar-refractivity contribution >= 4 is 17.7 Å². The Hall–Kier alpha value is -1.07. The molecule has 0 unspecified atom stereocenters. The van der Waals surface area contributed by atoms with Gasteiger partial charge < -0.3 is 10.0 Å². The quantitative estimate of drug-likeness (QED) is 0.872. The molecule has 0 saturated heterocycles. The van der Waals surface area contributed by atoms with Crippen LogP contribution in [0.25, 0.3) is 0 Å². The smallest absolute Gasteiger partial charge is 0.232 e. The van der Waals surface area contributed by atoms with Gasteiger partial charge in [-0.1, -0.05) is 19.1 Å². The third-order valence-corrected chi connectivity index (χ3v) is 4.24. The van der Waals surface area contributed by atoms with E-state index in [2.05, 4.69) is 0 Å². The van der Waals surface area contributed by atoms with Gasteiger partial charge in [-0.3, -0.25) is 4.79 Å². The number of benzene rings is 1. The first-order valence-electron chi connectivity index (χ1n) is 6.18. The van der Waals surface area contributed by atoms with Crippen LogP contribution in [0.15, 0.2) is 24.3 Å². The van der Waals surface area contributed by atoms with Crippen molar-refractivity contribution in [2.24, 2.45) is 0 Å². The molecule has 0 radical (unpaired) electrons. The number of aliphatic hydroxyl groups excluding tert-OH is 1. The first-order valence-corrected chi connectivity index (χ1v) is 7.23. The predicted molar refractivity (Wildman–Crippen MR) is 76.5 cm³/mol. The Kier molecular flexibility index (Phi) is 6.31. The summed E-state index contributed by atoms with van der Waals surface area (Å²) in [6.45, 7) is 4.07. The number of carbonyl (C=O) groups is 1. The van der Waals surface area contributed by atoms with Crippen LogP contribution in [0, 0.1) is 5.82 Å². The topological polar surface area (TPSA) is 40.5 Å². The second-order valence-electron chi connectivity index (χ2n) is 4.63. The van der Waals surface area contributed by atoms with Crippen LogP contribution in [0.3, 0.4) is 0 Å². The summed E-state index contributed by atoms with van der Waals surface area (Å²) in [5.41, 5.74) is 0.894. The lowest BCUT2D eigenvalue weighted by atomic mass is 10.2. The lowest BCUT2D eigenvalue weighted by Crippen LogP contribution is -2.29. The van der Waals surface area contributed by atoms with Crippen LogP contribution in [-0.4, -0.2) is 40.1 Å². The molecule has 0 aromatic heterocycles. The Morgan fingerprint density at radius 3 is 2.47 bits per heavy atom. The highest BCUT2D eigenvalue weighted by Gasteiger charge is 2.14. The summed E-state index contributed by atoms with van der Waals surface area (Å²) < 4.78 is 12.8. The molecule has 3 nitrogen and oxygen atoms in total. The maximum atomic E-state index is 12.8. The van der Waals surface area contributed by atoms with E-state index >= 15 is 0 Å². The van der Waals surface area contributed by atoms with Gasteiger partial charge in [0.1, 0.15) is 5.82 Å². The number of thioether (sulfide) groups is 1. The van der Waals surface area contributed by atoms with Crippen LogP contribution in [0.4, 0.5) is 4.39 Å². The van der Waals surface area contributed by atoms with Crippen LogP contribution >= 0.6 is 11.8 Å². The Morgan fingerprint density at radius 2 is 1.95 bits per heavy atom. The van der Waals surface area contributed by atoms with Crippen LogP contribution in [-0.2, 0) is 11.3 Å². The lowest BCUT2D eigenvalue weighted by molar-refractivity contribution is -0.127. The SMILES string of the molecule is C[C@@H](O)[C@@H](C)SCC(=O)N(C)Cc1ccc(F)cc1. The third kappa shape index (κ3) is 5.61. The van der Waals surface area contributed by atoms with Crippen molar-refractivity contribution < 1.29 is 14.3 Å². The molecule has 1 amide bonds. The first kappa shape index (κ1) is 16.0. The fraction of sp³-hybridized carbons (Fsp3) is 0.500. The first-order chi connectivity index (χ1) is 8.90. The van der Waals surface area contributed by atoms with Crippen LogP contribution in [0.2, 0.25) is 0 Å². The maximum absolute atomic E-state index is 12.8. The number of hydrogen-bond donors (Lipinski definition) is 1. The second kappa shape index (κ2) is 7.50. The largest absolute Gasteiger partial charge is 0.392 e. The molecule has 106 valence electrons. The summed E-state index contributed by atoms with van der Waals surface area (Å²) in [6.07, 6.45) is -0.430. The minimum Gasteiger partial charge on any atom is -0.392 e. The van der Waals surface area contributed by atoms with Crippen LogP contribution in [0.1, 0.15) is 19.4 Å². The van der Waals surface area contributed by atoms with E-state index in [1.807, 2.05) is 6.92 Å². The van der Waals surface area contributed by atoms with Crippen molar-refractivity contribution in [1.29, 1.82) is 0 Å². The molecule has 0 aliphatic carbocycles. The van der Waals surface area contributed by atoms with Gasteiger partial charge in [-0.15, -0.1) is 11.8 Å². The van der Waals surface area contributed by atoms with E-state index in [9.17, 15) is 14.3 Å². The van der Waals surface area contributed by atoms with E-state index in [-0.39, 0.29) is 17.0 Å². The van der Waals surface area contributed by atoms with Gasteiger partial charge in [0.05, 0.1) is 11.9 Å². The molecule has 1 aromatic rings. The molecule has 1 N–H and O–H groups in total. The maximum Gasteiger partial charge on any atom is 0.232 e. The summed E-state index contributed by atoms with van der Waals surface area (Å²) in [6, 6.07) is 6.12. The normalized spacial score (nSPS) is 13.9. The van der Waals surface area contributed by atoms with Gasteiger partial charge in [0, 0.05) is 18.8 Å². The number of hydrogen-bond acceptors (Lipinski definition) is 3. The van der Waals surface area contributed by atoms with E-state index in [1.165, 1.54) is 23.9 Å². The van der Waals surface area contributed by atoms with Crippen molar-refractivity contribution in [3.8, 4) is 0 Å². The molecule has 0 heterocycles. The zero-order chi connectivity index (χ0) is 14.4. The molecule has 0 aliphatic rings. The Bertz CT molecular complexity index is 408. The Balaban J connectivity index is 2.42. The van der Waals surface area contributed by atoms with Gasteiger partial charge in [0.25, 0.3) is 0 Å². The highest BCUT2D eigenvalue weighted by atomic mass is 32.2. The van der Waals surface area contributed by atoms with Crippen molar-refractivity contribution in [3.63, 3.8) is 0 Å². The summed E-state index contributed by atoms with van der Waals surface area (Å²) in [7, 11) is 1.72. The summed E-state index contributed by atoms with van der Waals surface area (Å²) in [5, 5.41) is 9.38. The van der Waals surface area contributed by atoms with Gasteiger partial charge in [-0.05, 0) is 24.6 Å². The van der Waals surface area contributed by atoms with Gasteiger partial charge in [0.2, 0.25) is 5.91 Å². The second-order valence-corrected chi connectivity index (χ2v) is 6.00. The van der Waals surface area contributed by atoms with E-state index in [1.54, 1.807) is 31.0 Å². The minimum atomic E-state index is -0.430. The number of aliphatic hydroxyl groups is 1. The Morgan fingerprint density at radius 1 is 1.37 bits per heavy atom. The molecule has 0 saturated carbocycles. The van der Waals surface area contributed by atoms with Crippen molar-refractivity contribution in [1.82, 2.24) is 4.90 Å². The molecule has 0 bridgehead atoms. The van der Waals surface area contributed by atoms with E-state index in [0.29, 0.717) is 12.3 Å². The molecule has 1 aromatic carbocycles. The van der Waals surface area contributed by atoms with E-state index < -0.39 is 6.10 Å². The molecule has 19 heavy (non-hydrogen) atoms. The minimum absolute atomic E-state index is 0.00169. The predicted octanol–water partition coefficient (Wildman–Crippen LogP) is 2.29. The molecular weight excluding hydrogens is 265 g/mol. The van der Waals surface area contributed by atoms with Gasteiger partial charge >= 0.3 is 0 Å². The zero-order valence-electron chi connectivity index (χ0n) is 11.5. The fourth-order valence-electron chi connectivity index (χ4n) is 1.40. The van der Waals surface area contributed by atoms with Crippen molar-refractivity contribution in [3.05, 3.63) is 35.6 Å². The molecule has 0 fully saturated rings. The molecule has 2 atom stereocenters. The molecular formula is C14H20FNO2S. The third-order valence-electron chi connectivity index (χ3n) is 2.91.